The maximum atomic E-state index is 13.8. The van der Waals surface area contributed by atoms with Gasteiger partial charge in [0, 0.05) is 12.2 Å². The largest absolute Gasteiger partial charge is 0.423 e. The van der Waals surface area contributed by atoms with E-state index in [0.29, 0.717) is 18.0 Å². The fourth-order valence-corrected chi connectivity index (χ4v) is 3.73. The second-order valence-corrected chi connectivity index (χ2v) is 8.87. The Bertz CT molecular complexity index is 937. The van der Waals surface area contributed by atoms with Crippen LogP contribution in [-0.4, -0.2) is 35.7 Å². The predicted molar refractivity (Wildman–Crippen MR) is 121 cm³/mol. The molecule has 0 aliphatic heterocycles. The van der Waals surface area contributed by atoms with Crippen LogP contribution in [0.2, 0.25) is 15.1 Å². The minimum Gasteiger partial charge on any atom is -0.381 e. The van der Waals surface area contributed by atoms with Crippen molar-refractivity contribution >= 4 is 58.2 Å². The molecule has 0 radical (unpaired) electrons. The van der Waals surface area contributed by atoms with Gasteiger partial charge in [-0.25, -0.2) is 0 Å². The van der Waals surface area contributed by atoms with Gasteiger partial charge in [-0.15, -0.1) is 0 Å². The average molecular weight is 516 g/mol. The molecule has 170 valence electrons. The van der Waals surface area contributed by atoms with Crippen molar-refractivity contribution in [3.05, 3.63) is 62.1 Å². The molecule has 0 saturated heterocycles. The molecule has 0 saturated carbocycles. The first kappa shape index (κ1) is 25.9. The number of carbonyl (C=O) groups excluding carboxylic acids is 1. The van der Waals surface area contributed by atoms with E-state index < -0.39 is 23.9 Å². The first-order chi connectivity index (χ1) is 14.4. The molecular formula is C20H20Cl3F3N2O2S. The highest BCUT2D eigenvalue weighted by atomic mass is 35.5. The summed E-state index contributed by atoms with van der Waals surface area (Å²) in [5.41, 5.74) is -1.84. The zero-order valence-corrected chi connectivity index (χ0v) is 19.6. The van der Waals surface area contributed by atoms with Crippen molar-refractivity contribution in [2.75, 3.05) is 23.9 Å². The molecule has 2 aromatic rings. The lowest BCUT2D eigenvalue weighted by molar-refractivity contribution is -0.260. The van der Waals surface area contributed by atoms with E-state index in [1.807, 2.05) is 6.26 Å². The maximum absolute atomic E-state index is 13.8. The Hall–Kier alpha value is -1.32. The molecular weight excluding hydrogens is 496 g/mol. The van der Waals surface area contributed by atoms with Gasteiger partial charge in [0.05, 0.1) is 27.4 Å². The van der Waals surface area contributed by atoms with Gasteiger partial charge in [-0.2, -0.15) is 24.9 Å². The van der Waals surface area contributed by atoms with Crippen LogP contribution in [0.25, 0.3) is 0 Å². The molecule has 1 amide bonds. The molecule has 2 rings (SSSR count). The Balaban J connectivity index is 2.21. The third-order valence-corrected chi connectivity index (χ3v) is 6.32. The first-order valence-corrected chi connectivity index (χ1v) is 11.4. The highest BCUT2D eigenvalue weighted by molar-refractivity contribution is 7.99. The summed E-state index contributed by atoms with van der Waals surface area (Å²) in [6.07, 6.45) is -3.20. The molecule has 0 heterocycles. The van der Waals surface area contributed by atoms with Gasteiger partial charge in [0.1, 0.15) is 0 Å². The van der Waals surface area contributed by atoms with Gasteiger partial charge < -0.3 is 15.7 Å². The number of alkyl halides is 3. The Morgan fingerprint density at radius 2 is 1.74 bits per heavy atom. The number of aryl methyl sites for hydroxylation is 1. The van der Waals surface area contributed by atoms with Crippen molar-refractivity contribution in [3.8, 4) is 0 Å². The first-order valence-electron chi connectivity index (χ1n) is 8.92. The van der Waals surface area contributed by atoms with Gasteiger partial charge in [0.2, 0.25) is 11.5 Å². The van der Waals surface area contributed by atoms with E-state index in [4.69, 9.17) is 34.8 Å². The van der Waals surface area contributed by atoms with Crippen molar-refractivity contribution in [1.29, 1.82) is 0 Å². The third-order valence-electron chi connectivity index (χ3n) is 4.57. The van der Waals surface area contributed by atoms with E-state index >= 15 is 0 Å². The van der Waals surface area contributed by atoms with Crippen LogP contribution in [0.1, 0.15) is 16.7 Å². The van der Waals surface area contributed by atoms with Crippen LogP contribution in [0.5, 0.6) is 0 Å². The van der Waals surface area contributed by atoms with Crippen LogP contribution in [0.3, 0.4) is 0 Å². The molecule has 1 atom stereocenters. The minimum absolute atomic E-state index is 0.0968. The average Bonchev–Trinajstić information content (AvgIpc) is 2.68. The topological polar surface area (TPSA) is 61.4 Å². The summed E-state index contributed by atoms with van der Waals surface area (Å²) >= 11 is 18.9. The van der Waals surface area contributed by atoms with Gasteiger partial charge in [0.15, 0.2) is 0 Å². The molecule has 2 aromatic carbocycles. The third kappa shape index (κ3) is 6.35. The number of amides is 1. The number of anilines is 1. The van der Waals surface area contributed by atoms with Crippen molar-refractivity contribution in [2.24, 2.45) is 0 Å². The summed E-state index contributed by atoms with van der Waals surface area (Å²) in [4.78, 5) is 11.6. The molecule has 3 N–H and O–H groups in total. The van der Waals surface area contributed by atoms with Crippen LogP contribution in [0.15, 0.2) is 30.3 Å². The number of nitrogens with one attached hydrogen (secondary N) is 2. The number of thioether (sulfide) groups is 1. The monoisotopic (exact) mass is 514 g/mol. The molecule has 0 fully saturated rings. The van der Waals surface area contributed by atoms with Crippen molar-refractivity contribution in [3.63, 3.8) is 0 Å². The fraction of sp³-hybridized carbons (Fsp3) is 0.350. The second-order valence-electron chi connectivity index (χ2n) is 6.82. The molecule has 0 aliphatic carbocycles. The van der Waals surface area contributed by atoms with Gasteiger partial charge in [-0.05, 0) is 54.1 Å². The summed E-state index contributed by atoms with van der Waals surface area (Å²) in [5, 5.41) is 15.4. The van der Waals surface area contributed by atoms with Crippen LogP contribution < -0.4 is 10.6 Å². The molecule has 0 unspecified atom stereocenters. The molecule has 0 bridgehead atoms. The summed E-state index contributed by atoms with van der Waals surface area (Å²) < 4.78 is 41.4. The maximum Gasteiger partial charge on any atom is 0.423 e. The molecule has 31 heavy (non-hydrogen) atoms. The van der Waals surface area contributed by atoms with Gasteiger partial charge >= 0.3 is 6.18 Å². The van der Waals surface area contributed by atoms with E-state index in [0.717, 1.165) is 23.3 Å². The number of halogens is 6. The normalized spacial score (nSPS) is 13.6. The lowest BCUT2D eigenvalue weighted by Gasteiger charge is -2.32. The van der Waals surface area contributed by atoms with E-state index in [-0.39, 0.29) is 21.0 Å². The van der Waals surface area contributed by atoms with E-state index in [2.05, 4.69) is 10.6 Å². The Kier molecular flexibility index (Phi) is 8.81. The summed E-state index contributed by atoms with van der Waals surface area (Å²) in [6.45, 7) is 1.20. The van der Waals surface area contributed by atoms with Gasteiger partial charge in [-0.3, -0.25) is 4.79 Å². The number of hydrogen-bond acceptors (Lipinski definition) is 4. The fourth-order valence-electron chi connectivity index (χ4n) is 2.77. The van der Waals surface area contributed by atoms with Crippen LogP contribution in [0, 0.1) is 6.92 Å². The Morgan fingerprint density at radius 3 is 2.26 bits per heavy atom. The zero-order valence-electron chi connectivity index (χ0n) is 16.5. The highest BCUT2D eigenvalue weighted by Gasteiger charge is 2.55. The van der Waals surface area contributed by atoms with E-state index in [1.54, 1.807) is 25.1 Å². The molecule has 0 aromatic heterocycles. The molecule has 0 aliphatic rings. The Morgan fingerprint density at radius 1 is 1.13 bits per heavy atom. The Labute approximate surface area is 197 Å². The van der Waals surface area contributed by atoms with Gasteiger partial charge in [-0.1, -0.05) is 40.9 Å². The molecule has 11 heteroatoms. The zero-order chi connectivity index (χ0) is 23.4. The lowest BCUT2D eigenvalue weighted by atomic mass is 9.92. The summed E-state index contributed by atoms with van der Waals surface area (Å²) in [7, 11) is 0. The summed E-state index contributed by atoms with van der Waals surface area (Å²) in [6, 6.07) is 6.78. The second kappa shape index (κ2) is 10.5. The van der Waals surface area contributed by atoms with Crippen molar-refractivity contribution in [1.82, 2.24) is 5.32 Å². The van der Waals surface area contributed by atoms with Gasteiger partial charge in [0.25, 0.3) is 0 Å². The predicted octanol–water partition coefficient (Wildman–Crippen LogP) is 5.80. The quantitative estimate of drug-likeness (QED) is 0.389. The van der Waals surface area contributed by atoms with E-state index in [1.165, 1.54) is 11.8 Å². The standard InChI is InChI=1S/C20H20Cl3F3N2O2S/c1-11-5-14(4-3-12(11)8-27-17(29)9-31-2)28-10-19(30,20(24,25)26)13-6-15(21)18(23)16(22)7-13/h3-7,28,30H,8-10H2,1-2H3,(H,27,29)/t19-/m1/s1. The number of rotatable bonds is 8. The van der Waals surface area contributed by atoms with Crippen LogP contribution >= 0.6 is 46.6 Å². The smallest absolute Gasteiger partial charge is 0.381 e. The van der Waals surface area contributed by atoms with Crippen LogP contribution in [-0.2, 0) is 16.9 Å². The highest BCUT2D eigenvalue weighted by Crippen LogP contribution is 2.43. The molecule has 4 nitrogen and oxygen atoms in total. The number of aliphatic hydroxyl groups is 1. The van der Waals surface area contributed by atoms with Crippen LogP contribution in [0.4, 0.5) is 18.9 Å². The van der Waals surface area contributed by atoms with Crippen molar-refractivity contribution < 1.29 is 23.1 Å². The lowest BCUT2D eigenvalue weighted by Crippen LogP contribution is -2.47. The number of carbonyl (C=O) groups is 1. The number of hydrogen-bond donors (Lipinski definition) is 3. The molecule has 0 spiro atoms. The SMILES string of the molecule is CSCC(=O)NCc1ccc(NC[C@@](O)(c2cc(Cl)c(Cl)c(Cl)c2)C(F)(F)F)cc1C. The van der Waals surface area contributed by atoms with E-state index in [9.17, 15) is 23.1 Å². The summed E-state index contributed by atoms with van der Waals surface area (Å²) in [5.74, 6) is 0.234. The number of benzene rings is 2. The van der Waals surface area contributed by atoms with Crippen molar-refractivity contribution in [2.45, 2.75) is 25.2 Å². The minimum atomic E-state index is -5.02.